The molecule has 1 amide bonds. The van der Waals surface area contributed by atoms with Crippen LogP contribution in [0.2, 0.25) is 0 Å². The molecule has 1 aliphatic heterocycles. The summed E-state index contributed by atoms with van der Waals surface area (Å²) in [6.07, 6.45) is 1.47. The molecule has 1 aliphatic carbocycles. The van der Waals surface area contributed by atoms with Crippen molar-refractivity contribution in [3.05, 3.63) is 39.9 Å². The number of Topliss-reactive ketones (excluding diaryl/α,β-unsaturated/α-hetero) is 1. The molecule has 3 rings (SSSR count). The second-order valence-corrected chi connectivity index (χ2v) is 6.21. The van der Waals surface area contributed by atoms with Gasteiger partial charge in [0.1, 0.15) is 11.7 Å². The van der Waals surface area contributed by atoms with Crippen LogP contribution < -0.4 is 0 Å². The van der Waals surface area contributed by atoms with Gasteiger partial charge in [-0.3, -0.25) is 19.7 Å². The molecule has 1 aromatic carbocycles. The van der Waals surface area contributed by atoms with E-state index in [0.29, 0.717) is 37.9 Å². The van der Waals surface area contributed by atoms with Crippen LogP contribution in [0.15, 0.2) is 24.3 Å². The Bertz CT molecular complexity index is 634. The molecule has 7 heteroatoms. The average molecular weight is 318 g/mol. The Balaban J connectivity index is 1.54. The monoisotopic (exact) mass is 318 g/mol. The summed E-state index contributed by atoms with van der Waals surface area (Å²) in [5.74, 6) is -0.635. The molecule has 122 valence electrons. The molecule has 7 nitrogen and oxygen atoms in total. The van der Waals surface area contributed by atoms with Crippen molar-refractivity contribution in [2.24, 2.45) is 11.8 Å². The van der Waals surface area contributed by atoms with Crippen LogP contribution in [0.1, 0.15) is 29.6 Å². The molecule has 0 spiro atoms. The first-order chi connectivity index (χ1) is 11.0. The number of hydrogen-bond donors (Lipinski definition) is 1. The Kier molecular flexibility index (Phi) is 4.02. The molecule has 1 N–H and O–H groups in total. The van der Waals surface area contributed by atoms with E-state index in [2.05, 4.69) is 0 Å². The standard InChI is InChI=1S/C16H18N2O5/c19-12-3-1-10(2-4-12)15(20)11-5-7-17(8-6-11)16(21)13-9-14(13)18(22)23/h1-4,11,13-14,19H,5-9H2/t13-,14-/m1/s1. The zero-order valence-electron chi connectivity index (χ0n) is 12.6. The lowest BCUT2D eigenvalue weighted by Crippen LogP contribution is -2.41. The fraction of sp³-hybridized carbons (Fsp3) is 0.500. The molecular formula is C16H18N2O5. The van der Waals surface area contributed by atoms with Gasteiger partial charge in [-0.1, -0.05) is 0 Å². The van der Waals surface area contributed by atoms with Crippen LogP contribution in [0.5, 0.6) is 5.75 Å². The maximum atomic E-state index is 12.4. The third kappa shape index (κ3) is 3.18. The fourth-order valence-corrected chi connectivity index (χ4v) is 3.14. The number of benzene rings is 1. The number of ketones is 1. The Morgan fingerprint density at radius 2 is 1.78 bits per heavy atom. The molecule has 23 heavy (non-hydrogen) atoms. The molecule has 0 bridgehead atoms. The summed E-state index contributed by atoms with van der Waals surface area (Å²) >= 11 is 0. The smallest absolute Gasteiger partial charge is 0.232 e. The summed E-state index contributed by atoms with van der Waals surface area (Å²) in [6.45, 7) is 0.933. The number of carbonyl (C=O) groups is 2. The predicted octanol–water partition coefficient (Wildman–Crippen LogP) is 1.48. The number of amides is 1. The molecule has 1 heterocycles. The van der Waals surface area contributed by atoms with Gasteiger partial charge in [-0.25, -0.2) is 0 Å². The fourth-order valence-electron chi connectivity index (χ4n) is 3.14. The molecule has 0 unspecified atom stereocenters. The number of rotatable bonds is 4. The van der Waals surface area contributed by atoms with Gasteiger partial charge in [-0.15, -0.1) is 0 Å². The molecule has 2 aliphatic rings. The van der Waals surface area contributed by atoms with E-state index in [0.717, 1.165) is 0 Å². The molecule has 2 fully saturated rings. The number of nitro groups is 1. The Morgan fingerprint density at radius 3 is 2.30 bits per heavy atom. The zero-order valence-corrected chi connectivity index (χ0v) is 12.6. The van der Waals surface area contributed by atoms with Crippen LogP contribution >= 0.6 is 0 Å². The van der Waals surface area contributed by atoms with Crippen molar-refractivity contribution in [2.45, 2.75) is 25.3 Å². The number of hydrogen-bond acceptors (Lipinski definition) is 5. The lowest BCUT2D eigenvalue weighted by molar-refractivity contribution is -0.497. The summed E-state index contributed by atoms with van der Waals surface area (Å²) in [5, 5.41) is 19.9. The van der Waals surface area contributed by atoms with Gasteiger partial charge in [0.15, 0.2) is 5.78 Å². The number of likely N-dealkylation sites (tertiary alicyclic amines) is 1. The Hall–Kier alpha value is -2.44. The highest BCUT2D eigenvalue weighted by Crippen LogP contribution is 2.36. The van der Waals surface area contributed by atoms with E-state index in [1.807, 2.05) is 0 Å². The van der Waals surface area contributed by atoms with E-state index in [1.165, 1.54) is 12.1 Å². The SMILES string of the molecule is O=C(c1ccc(O)cc1)C1CCN(C(=O)[C@@H]2C[C@H]2[N+](=O)[O-])CC1. The molecular weight excluding hydrogens is 300 g/mol. The average Bonchev–Trinajstić information content (AvgIpc) is 3.35. The van der Waals surface area contributed by atoms with Crippen LogP contribution in [0.25, 0.3) is 0 Å². The Labute approximate surface area is 133 Å². The van der Waals surface area contributed by atoms with Gasteiger partial charge in [0.25, 0.3) is 0 Å². The van der Waals surface area contributed by atoms with E-state index in [-0.39, 0.29) is 28.3 Å². The Morgan fingerprint density at radius 1 is 1.17 bits per heavy atom. The number of nitrogens with zero attached hydrogens (tertiary/aromatic N) is 2. The van der Waals surface area contributed by atoms with Crippen molar-refractivity contribution in [3.8, 4) is 5.75 Å². The first-order valence-corrected chi connectivity index (χ1v) is 7.73. The van der Waals surface area contributed by atoms with Gasteiger partial charge >= 0.3 is 0 Å². The molecule has 2 atom stereocenters. The molecule has 1 saturated carbocycles. The highest BCUT2D eigenvalue weighted by atomic mass is 16.6. The lowest BCUT2D eigenvalue weighted by Gasteiger charge is -2.31. The number of carbonyl (C=O) groups excluding carboxylic acids is 2. The zero-order chi connectivity index (χ0) is 16.6. The third-order valence-corrected chi connectivity index (χ3v) is 4.67. The second kappa shape index (κ2) is 5.98. The minimum atomic E-state index is -0.723. The largest absolute Gasteiger partial charge is 0.508 e. The van der Waals surface area contributed by atoms with Crippen molar-refractivity contribution in [1.82, 2.24) is 4.90 Å². The van der Waals surface area contributed by atoms with Crippen LogP contribution in [0, 0.1) is 22.0 Å². The minimum absolute atomic E-state index is 0.0201. The summed E-state index contributed by atoms with van der Waals surface area (Å²) in [5.41, 5.74) is 0.559. The summed E-state index contributed by atoms with van der Waals surface area (Å²) < 4.78 is 0. The molecule has 1 aromatic rings. The van der Waals surface area contributed by atoms with E-state index in [1.54, 1.807) is 17.0 Å². The number of aromatic hydroxyl groups is 1. The van der Waals surface area contributed by atoms with Crippen molar-refractivity contribution in [3.63, 3.8) is 0 Å². The number of phenolic OH excluding ortho intramolecular Hbond substituents is 1. The van der Waals surface area contributed by atoms with Gasteiger partial charge in [0.05, 0.1) is 0 Å². The van der Waals surface area contributed by atoms with Crippen molar-refractivity contribution in [2.75, 3.05) is 13.1 Å². The van der Waals surface area contributed by atoms with Crippen molar-refractivity contribution in [1.29, 1.82) is 0 Å². The predicted molar refractivity (Wildman–Crippen MR) is 80.6 cm³/mol. The first-order valence-electron chi connectivity index (χ1n) is 7.73. The van der Waals surface area contributed by atoms with Gasteiger partial charge in [0.2, 0.25) is 11.9 Å². The summed E-state index contributed by atoms with van der Waals surface area (Å²) in [4.78, 5) is 36.5. The van der Waals surface area contributed by atoms with E-state index in [4.69, 9.17) is 0 Å². The maximum Gasteiger partial charge on any atom is 0.232 e. The van der Waals surface area contributed by atoms with E-state index in [9.17, 15) is 24.8 Å². The third-order valence-electron chi connectivity index (χ3n) is 4.67. The van der Waals surface area contributed by atoms with Gasteiger partial charge in [0, 0.05) is 35.9 Å². The van der Waals surface area contributed by atoms with E-state index < -0.39 is 12.0 Å². The highest BCUT2D eigenvalue weighted by molar-refractivity contribution is 5.98. The van der Waals surface area contributed by atoms with Crippen molar-refractivity contribution < 1.29 is 19.6 Å². The topological polar surface area (TPSA) is 101 Å². The molecule has 0 radical (unpaired) electrons. The van der Waals surface area contributed by atoms with Crippen LogP contribution in [0.4, 0.5) is 0 Å². The lowest BCUT2D eigenvalue weighted by atomic mass is 9.88. The summed E-state index contributed by atoms with van der Waals surface area (Å²) in [7, 11) is 0. The summed E-state index contributed by atoms with van der Waals surface area (Å²) in [6, 6.07) is 5.44. The molecule has 1 saturated heterocycles. The number of phenols is 1. The minimum Gasteiger partial charge on any atom is -0.508 e. The van der Waals surface area contributed by atoms with Crippen LogP contribution in [-0.2, 0) is 4.79 Å². The first kappa shape index (κ1) is 15.5. The van der Waals surface area contributed by atoms with Crippen LogP contribution in [-0.4, -0.2) is 45.8 Å². The van der Waals surface area contributed by atoms with Gasteiger partial charge in [-0.2, -0.15) is 0 Å². The molecule has 0 aromatic heterocycles. The quantitative estimate of drug-likeness (QED) is 0.515. The van der Waals surface area contributed by atoms with E-state index >= 15 is 0 Å². The van der Waals surface area contributed by atoms with Gasteiger partial charge in [-0.05, 0) is 37.1 Å². The van der Waals surface area contributed by atoms with Crippen molar-refractivity contribution >= 4 is 11.7 Å². The number of piperidine rings is 1. The second-order valence-electron chi connectivity index (χ2n) is 6.21. The van der Waals surface area contributed by atoms with Crippen LogP contribution in [0.3, 0.4) is 0 Å². The maximum absolute atomic E-state index is 12.4. The highest BCUT2D eigenvalue weighted by Gasteiger charge is 2.54. The van der Waals surface area contributed by atoms with Gasteiger partial charge < -0.3 is 10.0 Å². The normalized spacial score (nSPS) is 24.3.